The highest BCUT2D eigenvalue weighted by molar-refractivity contribution is 7.78. The first kappa shape index (κ1) is 17.8. The van der Waals surface area contributed by atoms with Crippen molar-refractivity contribution in [1.29, 1.82) is 0 Å². The number of thiocarbonyl (C=S) groups is 1. The van der Waals surface area contributed by atoms with Gasteiger partial charge in [-0.3, -0.25) is 9.79 Å². The molecule has 116 valence electrons. The molecule has 0 bridgehead atoms. The molecule has 0 spiro atoms. The minimum absolute atomic E-state index is 0.0275. The zero-order chi connectivity index (χ0) is 16.0. The van der Waals surface area contributed by atoms with Crippen LogP contribution in [0.15, 0.2) is 65.9 Å². The number of nitrogens with zero attached hydrogens (tertiary/aromatic N) is 1. The number of allylic oxidation sites excluding steroid dienone is 4. The fraction of sp³-hybridized carbons (Fsp3) is 0.235. The number of carbonyl (C=O) groups excluding carboxylic acids is 1. The van der Waals surface area contributed by atoms with E-state index in [0.29, 0.717) is 13.0 Å². The largest absolute Gasteiger partial charge is 0.353 e. The third-order valence-corrected chi connectivity index (χ3v) is 2.84. The molecule has 0 saturated heterocycles. The van der Waals surface area contributed by atoms with Gasteiger partial charge in [-0.2, -0.15) is 0 Å². The van der Waals surface area contributed by atoms with Crippen LogP contribution in [-0.2, 0) is 4.79 Å². The average Bonchev–Trinajstić information content (AvgIpc) is 2.72. The molecule has 0 aromatic carbocycles. The predicted octanol–water partition coefficient (Wildman–Crippen LogP) is 2.62. The standard InChI is InChI=1S/C17H21N3OS/c1-2-11-18-12-7-3-4-10-17(21)20-16-9-6-5-8-15(13-16)19-14-22/h2-6,8-9,11,13-14,16H,1,7,10,12H2,(H,19,22)(H,20,21)/b4-3-,18-11?. The van der Waals surface area contributed by atoms with Crippen molar-refractivity contribution in [2.75, 3.05) is 6.54 Å². The van der Waals surface area contributed by atoms with Crippen LogP contribution in [0.25, 0.3) is 0 Å². The molecule has 1 aliphatic carbocycles. The lowest BCUT2D eigenvalue weighted by Gasteiger charge is -2.11. The van der Waals surface area contributed by atoms with Crippen molar-refractivity contribution in [2.24, 2.45) is 4.99 Å². The van der Waals surface area contributed by atoms with Gasteiger partial charge in [0.2, 0.25) is 5.91 Å². The normalized spacial score (nSPS) is 17.3. The maximum Gasteiger partial charge on any atom is 0.224 e. The molecular weight excluding hydrogens is 294 g/mol. The lowest BCUT2D eigenvalue weighted by atomic mass is 10.2. The van der Waals surface area contributed by atoms with Crippen molar-refractivity contribution < 1.29 is 4.79 Å². The number of nitrogens with one attached hydrogen (secondary N) is 2. The van der Waals surface area contributed by atoms with Gasteiger partial charge in [-0.15, -0.1) is 0 Å². The molecule has 0 saturated carbocycles. The first-order valence-electron chi connectivity index (χ1n) is 7.08. The Morgan fingerprint density at radius 3 is 3.05 bits per heavy atom. The highest BCUT2D eigenvalue weighted by atomic mass is 32.1. The number of carbonyl (C=O) groups is 1. The summed E-state index contributed by atoms with van der Waals surface area (Å²) in [6.45, 7) is 4.25. The summed E-state index contributed by atoms with van der Waals surface area (Å²) in [6.07, 6.45) is 17.8. The van der Waals surface area contributed by atoms with Crippen LogP contribution in [-0.4, -0.2) is 30.2 Å². The molecule has 0 heterocycles. The van der Waals surface area contributed by atoms with Crippen LogP contribution < -0.4 is 10.6 Å². The molecule has 4 nitrogen and oxygen atoms in total. The molecule has 0 aromatic heterocycles. The van der Waals surface area contributed by atoms with Gasteiger partial charge in [0.25, 0.3) is 0 Å². The summed E-state index contributed by atoms with van der Waals surface area (Å²) in [5, 5.41) is 5.88. The summed E-state index contributed by atoms with van der Waals surface area (Å²) in [6, 6.07) is -0.148. The third-order valence-electron chi connectivity index (χ3n) is 2.72. The molecule has 1 atom stereocenters. The van der Waals surface area contributed by atoms with E-state index in [1.54, 1.807) is 12.3 Å². The van der Waals surface area contributed by atoms with Crippen LogP contribution in [0.5, 0.6) is 0 Å². The van der Waals surface area contributed by atoms with Gasteiger partial charge in [0.1, 0.15) is 0 Å². The SMILES string of the molecule is C=CC=NCC/C=C\CC(=O)NC1C=CC=CC(NC=S)=C1. The van der Waals surface area contributed by atoms with Crippen molar-refractivity contribution in [3.05, 3.63) is 60.9 Å². The van der Waals surface area contributed by atoms with E-state index in [1.807, 2.05) is 42.5 Å². The highest BCUT2D eigenvalue weighted by Gasteiger charge is 2.07. The lowest BCUT2D eigenvalue weighted by Crippen LogP contribution is -2.32. The Bertz CT molecular complexity index is 530. The molecule has 0 radical (unpaired) electrons. The van der Waals surface area contributed by atoms with Gasteiger partial charge in [-0.05, 0) is 18.6 Å². The average molecular weight is 315 g/mol. The van der Waals surface area contributed by atoms with Crippen LogP contribution in [0.2, 0.25) is 0 Å². The smallest absolute Gasteiger partial charge is 0.224 e. The van der Waals surface area contributed by atoms with Crippen molar-refractivity contribution in [1.82, 2.24) is 10.6 Å². The molecule has 1 unspecified atom stereocenters. The van der Waals surface area contributed by atoms with Crippen molar-refractivity contribution >= 4 is 29.8 Å². The van der Waals surface area contributed by atoms with E-state index >= 15 is 0 Å². The Labute approximate surface area is 137 Å². The summed E-state index contributed by atoms with van der Waals surface area (Å²) in [5.41, 5.74) is 2.30. The molecule has 0 fully saturated rings. The van der Waals surface area contributed by atoms with Crippen LogP contribution in [0.1, 0.15) is 12.8 Å². The fourth-order valence-electron chi connectivity index (χ4n) is 1.75. The Morgan fingerprint density at radius 1 is 1.41 bits per heavy atom. The van der Waals surface area contributed by atoms with E-state index in [2.05, 4.69) is 22.2 Å². The van der Waals surface area contributed by atoms with Gasteiger partial charge in [0, 0.05) is 24.9 Å². The molecule has 2 N–H and O–H groups in total. The molecular formula is C17H21N3OS. The Kier molecular flexibility index (Phi) is 9.21. The van der Waals surface area contributed by atoms with Gasteiger partial charge < -0.3 is 10.6 Å². The van der Waals surface area contributed by atoms with Crippen LogP contribution in [0.4, 0.5) is 0 Å². The van der Waals surface area contributed by atoms with Gasteiger partial charge in [-0.1, -0.05) is 55.3 Å². The van der Waals surface area contributed by atoms with E-state index in [1.165, 1.54) is 5.49 Å². The number of aliphatic imine (C=N–C) groups is 1. The van der Waals surface area contributed by atoms with E-state index in [-0.39, 0.29) is 11.9 Å². The summed E-state index contributed by atoms with van der Waals surface area (Å²) in [7, 11) is 0. The molecule has 1 aliphatic rings. The summed E-state index contributed by atoms with van der Waals surface area (Å²) in [5.74, 6) is -0.0275. The summed E-state index contributed by atoms with van der Waals surface area (Å²) >= 11 is 4.77. The van der Waals surface area contributed by atoms with Gasteiger partial charge in [0.15, 0.2) is 0 Å². The number of hydrogen-bond donors (Lipinski definition) is 2. The summed E-state index contributed by atoms with van der Waals surface area (Å²) in [4.78, 5) is 16.0. The Balaban J connectivity index is 2.36. The predicted molar refractivity (Wildman–Crippen MR) is 97.0 cm³/mol. The second-order valence-electron chi connectivity index (χ2n) is 4.48. The van der Waals surface area contributed by atoms with Crippen molar-refractivity contribution in [2.45, 2.75) is 18.9 Å². The molecule has 22 heavy (non-hydrogen) atoms. The van der Waals surface area contributed by atoms with E-state index < -0.39 is 0 Å². The van der Waals surface area contributed by atoms with Crippen LogP contribution in [0, 0.1) is 0 Å². The lowest BCUT2D eigenvalue weighted by molar-refractivity contribution is -0.120. The molecule has 1 rings (SSSR count). The third kappa shape index (κ3) is 8.11. The monoisotopic (exact) mass is 315 g/mol. The topological polar surface area (TPSA) is 53.5 Å². The Hall–Kier alpha value is -2.27. The minimum atomic E-state index is -0.148. The second-order valence-corrected chi connectivity index (χ2v) is 4.71. The van der Waals surface area contributed by atoms with Gasteiger partial charge in [0.05, 0.1) is 11.5 Å². The summed E-state index contributed by atoms with van der Waals surface area (Å²) < 4.78 is 0. The first-order valence-corrected chi connectivity index (χ1v) is 7.55. The molecule has 1 amide bonds. The fourth-order valence-corrected chi connectivity index (χ4v) is 1.89. The quantitative estimate of drug-likeness (QED) is 0.298. The van der Waals surface area contributed by atoms with Crippen molar-refractivity contribution in [3.8, 4) is 0 Å². The molecule has 5 heteroatoms. The van der Waals surface area contributed by atoms with Crippen LogP contribution in [0.3, 0.4) is 0 Å². The highest BCUT2D eigenvalue weighted by Crippen LogP contribution is 2.03. The second kappa shape index (κ2) is 11.4. The maximum absolute atomic E-state index is 11.9. The van der Waals surface area contributed by atoms with E-state index in [0.717, 1.165) is 12.1 Å². The van der Waals surface area contributed by atoms with E-state index in [4.69, 9.17) is 12.2 Å². The van der Waals surface area contributed by atoms with Crippen molar-refractivity contribution in [3.63, 3.8) is 0 Å². The maximum atomic E-state index is 11.9. The number of amides is 1. The van der Waals surface area contributed by atoms with Gasteiger partial charge in [-0.25, -0.2) is 0 Å². The van der Waals surface area contributed by atoms with E-state index in [9.17, 15) is 4.79 Å². The Morgan fingerprint density at radius 2 is 2.27 bits per heavy atom. The number of rotatable bonds is 9. The zero-order valence-corrected chi connectivity index (χ0v) is 13.3. The zero-order valence-electron chi connectivity index (χ0n) is 12.4. The molecule has 0 aliphatic heterocycles. The number of hydrogen-bond acceptors (Lipinski definition) is 3. The first-order chi connectivity index (χ1) is 10.8. The minimum Gasteiger partial charge on any atom is -0.353 e. The molecule has 0 aromatic rings. The van der Waals surface area contributed by atoms with Crippen LogP contribution >= 0.6 is 12.2 Å². The van der Waals surface area contributed by atoms with Gasteiger partial charge >= 0.3 is 0 Å².